The number of amides is 1. The summed E-state index contributed by atoms with van der Waals surface area (Å²) >= 11 is 4.87. The molecule has 0 aliphatic rings. The second-order valence-electron chi connectivity index (χ2n) is 8.23. The van der Waals surface area contributed by atoms with Crippen molar-refractivity contribution in [2.45, 2.75) is 24.3 Å². The minimum atomic E-state index is -3.94. The summed E-state index contributed by atoms with van der Waals surface area (Å²) in [5.74, 6) is -0.318. The van der Waals surface area contributed by atoms with Crippen LogP contribution in [0.15, 0.2) is 82.2 Å². The van der Waals surface area contributed by atoms with Crippen LogP contribution >= 0.6 is 27.3 Å². The van der Waals surface area contributed by atoms with Gasteiger partial charge in [0.05, 0.1) is 33.8 Å². The van der Waals surface area contributed by atoms with Crippen LogP contribution in [0.25, 0.3) is 10.2 Å². The van der Waals surface area contributed by atoms with Crippen molar-refractivity contribution in [2.24, 2.45) is 0 Å². The number of anilines is 1. The molecule has 0 fully saturated rings. The number of nitrogens with zero attached hydrogens (tertiary/aromatic N) is 5. The van der Waals surface area contributed by atoms with E-state index >= 15 is 0 Å². The second kappa shape index (κ2) is 12.3. The Morgan fingerprint density at radius 3 is 2.24 bits per heavy atom. The Kier molecular flexibility index (Phi) is 8.87. The number of sulfonamides is 1. The van der Waals surface area contributed by atoms with Crippen molar-refractivity contribution in [3.8, 4) is 12.1 Å². The number of hydrogen-bond acceptors (Lipinski definition) is 7. The minimum absolute atomic E-state index is 0.00835. The molecular weight excluding hydrogens is 586 g/mol. The Hall–Kier alpha value is -3.61. The van der Waals surface area contributed by atoms with Gasteiger partial charge in [-0.2, -0.15) is 14.8 Å². The maximum atomic E-state index is 13.7. The lowest BCUT2D eigenvalue weighted by molar-refractivity contribution is 0.0985. The summed E-state index contributed by atoms with van der Waals surface area (Å²) in [6.07, 6.45) is 0.0167. The average Bonchev–Trinajstić information content (AvgIpc) is 3.35. The summed E-state index contributed by atoms with van der Waals surface area (Å²) in [4.78, 5) is 20.0. The van der Waals surface area contributed by atoms with Crippen LogP contribution in [-0.2, 0) is 16.6 Å². The van der Waals surface area contributed by atoms with Gasteiger partial charge >= 0.3 is 0 Å². The van der Waals surface area contributed by atoms with E-state index in [4.69, 9.17) is 10.5 Å². The highest BCUT2D eigenvalue weighted by Crippen LogP contribution is 2.32. The monoisotopic (exact) mass is 607 g/mol. The fourth-order valence-electron chi connectivity index (χ4n) is 3.77. The number of aromatic nitrogens is 1. The van der Waals surface area contributed by atoms with Crippen molar-refractivity contribution in [3.05, 3.63) is 88.4 Å². The minimum Gasteiger partial charge on any atom is -0.279 e. The van der Waals surface area contributed by atoms with E-state index in [2.05, 4.69) is 20.9 Å². The molecule has 0 bridgehead atoms. The molecule has 1 aromatic heterocycles. The zero-order chi connectivity index (χ0) is 27.1. The van der Waals surface area contributed by atoms with E-state index in [1.165, 1.54) is 35.6 Å². The Balaban J connectivity index is 1.66. The molecule has 4 aromatic rings. The highest BCUT2D eigenvalue weighted by Gasteiger charge is 2.26. The average molecular weight is 609 g/mol. The van der Waals surface area contributed by atoms with Crippen molar-refractivity contribution < 1.29 is 13.2 Å². The van der Waals surface area contributed by atoms with E-state index in [9.17, 15) is 13.2 Å². The van der Waals surface area contributed by atoms with Crippen LogP contribution in [0.1, 0.15) is 28.8 Å². The number of fused-ring (bicyclic) bond motifs is 1. The number of carbonyl (C=O) groups excluding carboxylic acids is 1. The zero-order valence-electron chi connectivity index (χ0n) is 20.1. The molecule has 8 nitrogen and oxygen atoms in total. The Morgan fingerprint density at radius 1 is 0.947 bits per heavy atom. The van der Waals surface area contributed by atoms with Gasteiger partial charge in [-0.25, -0.2) is 13.4 Å². The van der Waals surface area contributed by atoms with Crippen molar-refractivity contribution in [2.75, 3.05) is 18.0 Å². The summed E-state index contributed by atoms with van der Waals surface area (Å²) in [6, 6.07) is 24.9. The predicted molar refractivity (Wildman–Crippen MR) is 150 cm³/mol. The summed E-state index contributed by atoms with van der Waals surface area (Å²) in [5, 5.41) is 18.3. The molecule has 38 heavy (non-hydrogen) atoms. The van der Waals surface area contributed by atoms with Crippen molar-refractivity contribution in [3.63, 3.8) is 0 Å². The molecule has 0 N–H and O–H groups in total. The molecule has 0 unspecified atom stereocenters. The lowest BCUT2D eigenvalue weighted by atomic mass is 10.1. The van der Waals surface area contributed by atoms with E-state index in [1.54, 1.807) is 4.90 Å². The maximum absolute atomic E-state index is 13.7. The lowest BCUT2D eigenvalue weighted by Gasteiger charge is -2.21. The van der Waals surface area contributed by atoms with E-state index in [-0.39, 0.29) is 43.3 Å². The fraction of sp³-hybridized carbons (Fsp3) is 0.185. The number of rotatable bonds is 10. The van der Waals surface area contributed by atoms with Crippen LogP contribution < -0.4 is 4.90 Å². The number of nitriles is 2. The van der Waals surface area contributed by atoms with E-state index < -0.39 is 10.0 Å². The van der Waals surface area contributed by atoms with Crippen molar-refractivity contribution in [1.82, 2.24) is 9.29 Å². The summed E-state index contributed by atoms with van der Waals surface area (Å²) in [5.41, 5.74) is 2.00. The molecule has 0 saturated heterocycles. The molecule has 0 aliphatic heterocycles. The third-order valence-electron chi connectivity index (χ3n) is 5.68. The van der Waals surface area contributed by atoms with Crippen molar-refractivity contribution in [1.29, 1.82) is 10.5 Å². The Morgan fingerprint density at radius 2 is 1.61 bits per heavy atom. The van der Waals surface area contributed by atoms with Gasteiger partial charge in [0.25, 0.3) is 5.91 Å². The van der Waals surface area contributed by atoms with E-state index in [0.29, 0.717) is 10.7 Å². The Bertz CT molecular complexity index is 1610. The lowest BCUT2D eigenvalue weighted by Crippen LogP contribution is -2.33. The maximum Gasteiger partial charge on any atom is 0.260 e. The van der Waals surface area contributed by atoms with Crippen LogP contribution in [0.5, 0.6) is 0 Å². The first kappa shape index (κ1) is 27.4. The first-order valence-electron chi connectivity index (χ1n) is 11.6. The SMILES string of the molecule is N#CCCN(CCC#N)S(=O)(=O)c1ccc(C(=O)N(Cc2ccccc2)c2nc3ccc(Br)cc3s2)cc1. The third-order valence-corrected chi connectivity index (χ3v) is 9.13. The van der Waals surface area contributed by atoms with Gasteiger partial charge in [-0.15, -0.1) is 0 Å². The number of carbonyl (C=O) groups is 1. The molecule has 4 rings (SSSR count). The molecule has 0 aliphatic carbocycles. The highest BCUT2D eigenvalue weighted by atomic mass is 79.9. The van der Waals surface area contributed by atoms with Crippen LogP contribution in [0.4, 0.5) is 5.13 Å². The molecule has 11 heteroatoms. The summed E-state index contributed by atoms with van der Waals surface area (Å²) in [6.45, 7) is 0.260. The normalized spacial score (nSPS) is 11.3. The quantitative estimate of drug-likeness (QED) is 0.227. The van der Waals surface area contributed by atoms with E-state index in [1.807, 2.05) is 60.7 Å². The van der Waals surface area contributed by atoms with Gasteiger partial charge in [-0.1, -0.05) is 57.6 Å². The molecule has 1 amide bonds. The highest BCUT2D eigenvalue weighted by molar-refractivity contribution is 9.10. The molecule has 192 valence electrons. The molecule has 1 heterocycles. The van der Waals surface area contributed by atoms with Gasteiger partial charge in [0.1, 0.15) is 0 Å². The Labute approximate surface area is 233 Å². The van der Waals surface area contributed by atoms with Crippen LogP contribution in [0, 0.1) is 22.7 Å². The smallest absolute Gasteiger partial charge is 0.260 e. The number of halogens is 1. The predicted octanol–water partition coefficient (Wildman–Crippen LogP) is 5.72. The van der Waals surface area contributed by atoms with Gasteiger partial charge in [-0.3, -0.25) is 9.69 Å². The third kappa shape index (κ3) is 6.26. The largest absolute Gasteiger partial charge is 0.279 e. The number of benzene rings is 3. The molecule has 0 atom stereocenters. The first-order chi connectivity index (χ1) is 18.3. The number of thiazole rings is 1. The van der Waals surface area contributed by atoms with Crippen LogP contribution in [0.3, 0.4) is 0 Å². The zero-order valence-corrected chi connectivity index (χ0v) is 23.3. The standard InChI is InChI=1S/C27H22BrN5O3S2/c28-22-10-13-24-25(18-22)37-27(31-24)33(19-20-6-2-1-3-7-20)26(34)21-8-11-23(12-9-21)38(35,36)32(16-4-14-29)17-5-15-30/h1-3,6-13,18H,4-5,16-17,19H2. The fourth-order valence-corrected chi connectivity index (χ4v) is 6.73. The van der Waals surface area contributed by atoms with Gasteiger partial charge in [-0.05, 0) is 48.0 Å². The second-order valence-corrected chi connectivity index (χ2v) is 12.1. The van der Waals surface area contributed by atoms with E-state index in [0.717, 1.165) is 24.6 Å². The van der Waals surface area contributed by atoms with Gasteiger partial charge in [0.15, 0.2) is 5.13 Å². The topological polar surface area (TPSA) is 118 Å². The molecule has 3 aromatic carbocycles. The summed E-state index contributed by atoms with van der Waals surface area (Å²) < 4.78 is 29.3. The summed E-state index contributed by atoms with van der Waals surface area (Å²) in [7, 11) is -3.94. The van der Waals surface area contributed by atoms with Crippen LogP contribution in [-0.4, -0.2) is 36.7 Å². The van der Waals surface area contributed by atoms with Gasteiger partial charge < -0.3 is 0 Å². The first-order valence-corrected chi connectivity index (χ1v) is 14.6. The number of hydrogen-bond donors (Lipinski definition) is 0. The molecule has 0 radical (unpaired) electrons. The van der Waals surface area contributed by atoms with Crippen LogP contribution in [0.2, 0.25) is 0 Å². The molecular formula is C27H22BrN5O3S2. The molecule has 0 saturated carbocycles. The molecule has 0 spiro atoms. The van der Waals surface area contributed by atoms with Gasteiger partial charge in [0, 0.05) is 36.0 Å². The van der Waals surface area contributed by atoms with Crippen molar-refractivity contribution >= 4 is 58.5 Å². The van der Waals surface area contributed by atoms with Gasteiger partial charge in [0.2, 0.25) is 10.0 Å².